The molecule has 0 aliphatic carbocycles. The lowest BCUT2D eigenvalue weighted by Crippen LogP contribution is -2.21. The van der Waals surface area contributed by atoms with E-state index in [1.54, 1.807) is 11.3 Å². The van der Waals surface area contributed by atoms with E-state index in [4.69, 9.17) is 4.42 Å². The van der Waals surface area contributed by atoms with Crippen LogP contribution in [0.25, 0.3) is 11.0 Å². The Hall–Kier alpha value is -2.07. The zero-order chi connectivity index (χ0) is 16.2. The summed E-state index contributed by atoms with van der Waals surface area (Å²) in [6, 6.07) is 12.4. The van der Waals surface area contributed by atoms with Gasteiger partial charge in [-0.1, -0.05) is 0 Å². The maximum absolute atomic E-state index is 10.7. The molecule has 23 heavy (non-hydrogen) atoms. The van der Waals surface area contributed by atoms with Crippen LogP contribution in [-0.4, -0.2) is 19.4 Å². The molecule has 1 aromatic carbocycles. The number of fused-ring (bicyclic) bond motifs is 1. The SMILES string of the molecule is CCN(CC)c1ccc2cc(CCc3ccc(C=O)s3)oc2c1. The summed E-state index contributed by atoms with van der Waals surface area (Å²) in [4.78, 5) is 15.1. The third-order valence-corrected chi connectivity index (χ3v) is 5.17. The van der Waals surface area contributed by atoms with Gasteiger partial charge in [-0.05, 0) is 50.6 Å². The number of hydrogen-bond donors (Lipinski definition) is 0. The number of rotatable bonds is 7. The van der Waals surface area contributed by atoms with E-state index in [0.29, 0.717) is 0 Å². The van der Waals surface area contributed by atoms with Gasteiger partial charge in [0.05, 0.1) is 4.88 Å². The Balaban J connectivity index is 1.75. The predicted octanol–water partition coefficient (Wildman–Crippen LogP) is 4.94. The van der Waals surface area contributed by atoms with Crippen LogP contribution in [0.1, 0.15) is 34.2 Å². The topological polar surface area (TPSA) is 33.5 Å². The monoisotopic (exact) mass is 327 g/mol. The van der Waals surface area contributed by atoms with E-state index >= 15 is 0 Å². The lowest BCUT2D eigenvalue weighted by molar-refractivity contribution is 0.112. The third-order valence-electron chi connectivity index (χ3n) is 4.10. The van der Waals surface area contributed by atoms with Crippen LogP contribution < -0.4 is 4.90 Å². The van der Waals surface area contributed by atoms with Crippen molar-refractivity contribution in [2.75, 3.05) is 18.0 Å². The molecule has 0 fully saturated rings. The van der Waals surface area contributed by atoms with Gasteiger partial charge in [-0.2, -0.15) is 0 Å². The smallest absolute Gasteiger partial charge is 0.160 e. The van der Waals surface area contributed by atoms with Crippen molar-refractivity contribution in [3.63, 3.8) is 0 Å². The number of carbonyl (C=O) groups excluding carboxylic acids is 1. The largest absolute Gasteiger partial charge is 0.461 e. The second kappa shape index (κ2) is 7.01. The summed E-state index contributed by atoms with van der Waals surface area (Å²) in [7, 11) is 0. The minimum absolute atomic E-state index is 0.786. The zero-order valence-corrected chi connectivity index (χ0v) is 14.4. The molecule has 3 nitrogen and oxygen atoms in total. The molecule has 0 N–H and O–H groups in total. The molecule has 0 spiro atoms. The number of benzene rings is 1. The highest BCUT2D eigenvalue weighted by Crippen LogP contribution is 2.26. The first-order valence-electron chi connectivity index (χ1n) is 8.04. The van der Waals surface area contributed by atoms with Gasteiger partial charge in [0, 0.05) is 41.5 Å². The number of carbonyl (C=O) groups is 1. The van der Waals surface area contributed by atoms with E-state index in [1.165, 1.54) is 10.6 Å². The highest BCUT2D eigenvalue weighted by atomic mass is 32.1. The van der Waals surface area contributed by atoms with E-state index in [9.17, 15) is 4.79 Å². The van der Waals surface area contributed by atoms with Gasteiger partial charge in [-0.15, -0.1) is 11.3 Å². The zero-order valence-electron chi connectivity index (χ0n) is 13.5. The molecule has 0 aliphatic rings. The summed E-state index contributed by atoms with van der Waals surface area (Å²) in [5.74, 6) is 0.998. The van der Waals surface area contributed by atoms with E-state index in [2.05, 4.69) is 43.0 Å². The van der Waals surface area contributed by atoms with Crippen molar-refractivity contribution in [1.29, 1.82) is 0 Å². The number of hydrogen-bond acceptors (Lipinski definition) is 4. The summed E-state index contributed by atoms with van der Waals surface area (Å²) < 4.78 is 6.01. The minimum Gasteiger partial charge on any atom is -0.461 e. The molecule has 0 aliphatic heterocycles. The van der Waals surface area contributed by atoms with Gasteiger partial charge in [0.1, 0.15) is 11.3 Å². The van der Waals surface area contributed by atoms with Gasteiger partial charge < -0.3 is 9.32 Å². The van der Waals surface area contributed by atoms with Crippen LogP contribution in [0.3, 0.4) is 0 Å². The highest BCUT2D eigenvalue weighted by Gasteiger charge is 2.08. The van der Waals surface area contributed by atoms with Crippen LogP contribution in [0.5, 0.6) is 0 Å². The fourth-order valence-electron chi connectivity index (χ4n) is 2.82. The van der Waals surface area contributed by atoms with Gasteiger partial charge >= 0.3 is 0 Å². The Morgan fingerprint density at radius 1 is 1.09 bits per heavy atom. The van der Waals surface area contributed by atoms with Crippen LogP contribution in [0, 0.1) is 0 Å². The standard InChI is InChI=1S/C19H21NO2S/c1-3-20(4-2)15-6-5-14-11-16(22-19(14)12-15)7-8-17-9-10-18(13-21)23-17/h5-6,9-13H,3-4,7-8H2,1-2H3. The molecule has 4 heteroatoms. The summed E-state index contributed by atoms with van der Waals surface area (Å²) in [5.41, 5.74) is 2.15. The number of aryl methyl sites for hydroxylation is 2. The second-order valence-corrected chi connectivity index (χ2v) is 6.73. The van der Waals surface area contributed by atoms with Gasteiger partial charge in [0.15, 0.2) is 6.29 Å². The number of anilines is 1. The van der Waals surface area contributed by atoms with E-state index in [-0.39, 0.29) is 0 Å². The average Bonchev–Trinajstić information content (AvgIpc) is 3.19. The lowest BCUT2D eigenvalue weighted by Gasteiger charge is -2.20. The molecule has 2 heterocycles. The highest BCUT2D eigenvalue weighted by molar-refractivity contribution is 7.13. The van der Waals surface area contributed by atoms with E-state index in [1.807, 2.05) is 12.1 Å². The Kier molecular flexibility index (Phi) is 4.82. The first-order chi connectivity index (χ1) is 11.2. The van der Waals surface area contributed by atoms with Gasteiger partial charge in [-0.25, -0.2) is 0 Å². The average molecular weight is 327 g/mol. The molecule has 0 unspecified atom stereocenters. The van der Waals surface area contributed by atoms with Crippen molar-refractivity contribution in [1.82, 2.24) is 0 Å². The molecule has 3 aromatic rings. The maximum Gasteiger partial charge on any atom is 0.160 e. The molecular weight excluding hydrogens is 306 g/mol. The Bertz CT molecular complexity index is 799. The fourth-order valence-corrected chi connectivity index (χ4v) is 3.65. The quantitative estimate of drug-likeness (QED) is 0.576. The molecule has 0 amide bonds. The summed E-state index contributed by atoms with van der Waals surface area (Å²) in [5, 5.41) is 1.15. The van der Waals surface area contributed by atoms with Crippen molar-refractivity contribution in [2.45, 2.75) is 26.7 Å². The molecular formula is C19H21NO2S. The predicted molar refractivity (Wildman–Crippen MR) is 96.9 cm³/mol. The van der Waals surface area contributed by atoms with E-state index < -0.39 is 0 Å². The van der Waals surface area contributed by atoms with Crippen molar-refractivity contribution < 1.29 is 9.21 Å². The Labute approximate surface area is 140 Å². The lowest BCUT2D eigenvalue weighted by atomic mass is 10.2. The van der Waals surface area contributed by atoms with Crippen molar-refractivity contribution in [3.05, 3.63) is 51.9 Å². The molecule has 0 saturated heterocycles. The summed E-state index contributed by atoms with van der Waals surface area (Å²) in [6.45, 7) is 6.31. The third kappa shape index (κ3) is 3.48. The molecule has 120 valence electrons. The van der Waals surface area contributed by atoms with E-state index in [0.717, 1.165) is 53.8 Å². The molecule has 0 bridgehead atoms. The molecule has 2 aromatic heterocycles. The Morgan fingerprint density at radius 3 is 2.61 bits per heavy atom. The number of nitrogens with zero attached hydrogens (tertiary/aromatic N) is 1. The second-order valence-electron chi connectivity index (χ2n) is 5.53. The first-order valence-corrected chi connectivity index (χ1v) is 8.86. The van der Waals surface area contributed by atoms with Crippen LogP contribution in [0.4, 0.5) is 5.69 Å². The van der Waals surface area contributed by atoms with Gasteiger partial charge in [-0.3, -0.25) is 4.79 Å². The molecule has 0 radical (unpaired) electrons. The van der Waals surface area contributed by atoms with Crippen molar-refractivity contribution in [2.24, 2.45) is 0 Å². The number of thiophene rings is 1. The fraction of sp³-hybridized carbons (Fsp3) is 0.316. The summed E-state index contributed by atoms with van der Waals surface area (Å²) in [6.07, 6.45) is 2.67. The summed E-state index contributed by atoms with van der Waals surface area (Å²) >= 11 is 1.55. The maximum atomic E-state index is 10.7. The number of furan rings is 1. The first kappa shape index (κ1) is 15.8. The van der Waals surface area contributed by atoms with Crippen LogP contribution in [0.2, 0.25) is 0 Å². The minimum atomic E-state index is 0.786. The molecule has 3 rings (SSSR count). The molecule has 0 saturated carbocycles. The van der Waals surface area contributed by atoms with Crippen LogP contribution in [-0.2, 0) is 12.8 Å². The van der Waals surface area contributed by atoms with Gasteiger partial charge in [0.2, 0.25) is 0 Å². The Morgan fingerprint density at radius 2 is 1.91 bits per heavy atom. The normalized spacial score (nSPS) is 11.0. The molecule has 0 atom stereocenters. The van der Waals surface area contributed by atoms with Gasteiger partial charge in [0.25, 0.3) is 0 Å². The van der Waals surface area contributed by atoms with Crippen LogP contribution in [0.15, 0.2) is 40.8 Å². The number of aldehydes is 1. The van der Waals surface area contributed by atoms with Crippen molar-refractivity contribution >= 4 is 34.3 Å². The van der Waals surface area contributed by atoms with Crippen molar-refractivity contribution in [3.8, 4) is 0 Å². The van der Waals surface area contributed by atoms with Crippen LogP contribution >= 0.6 is 11.3 Å².